The molecule has 2 amide bonds. The Bertz CT molecular complexity index is 475. The molecule has 3 nitrogen and oxygen atoms in total. The van der Waals surface area contributed by atoms with E-state index in [2.05, 4.69) is 15.9 Å². The van der Waals surface area contributed by atoms with Gasteiger partial charge >= 0.3 is 0 Å². The molecule has 0 radical (unpaired) electrons. The number of amides is 2. The van der Waals surface area contributed by atoms with Crippen molar-refractivity contribution in [3.63, 3.8) is 0 Å². The number of nitrogens with zero attached hydrogens (tertiary/aromatic N) is 1. The number of likely N-dealkylation sites (tertiary alicyclic amines) is 1. The Morgan fingerprint density at radius 1 is 1.21 bits per heavy atom. The molecule has 0 saturated carbocycles. The predicted octanol–water partition coefficient (Wildman–Crippen LogP) is 2.84. The van der Waals surface area contributed by atoms with E-state index < -0.39 is 5.92 Å². The summed E-state index contributed by atoms with van der Waals surface area (Å²) in [6, 6.07) is 5.79. The van der Waals surface area contributed by atoms with Crippen molar-refractivity contribution >= 4 is 27.7 Å². The van der Waals surface area contributed by atoms with Crippen molar-refractivity contribution in [2.45, 2.75) is 25.2 Å². The summed E-state index contributed by atoms with van der Waals surface area (Å²) in [5, 5.41) is 0.866. The van der Waals surface area contributed by atoms with E-state index in [0.29, 0.717) is 12.1 Å². The van der Waals surface area contributed by atoms with Crippen molar-refractivity contribution in [3.8, 4) is 0 Å². The van der Waals surface area contributed by atoms with Crippen LogP contribution in [0.25, 0.3) is 0 Å². The molecule has 5 heteroatoms. The van der Waals surface area contributed by atoms with Gasteiger partial charge in [0.05, 0.1) is 5.92 Å². The van der Waals surface area contributed by atoms with Crippen molar-refractivity contribution in [2.24, 2.45) is 0 Å². The normalized spacial score (nSPS) is 19.3. The number of carbonyl (C=O) groups is 2. The molecule has 0 aromatic heterocycles. The van der Waals surface area contributed by atoms with Gasteiger partial charge < -0.3 is 0 Å². The zero-order valence-corrected chi connectivity index (χ0v) is 12.0. The standard InChI is InChI=1S/C14H15BrFNO2/c15-7-1-2-8-17-13(18)9-12(14(17)19)10-3-5-11(16)6-4-10/h3-6,12H,1-2,7-9H2. The van der Waals surface area contributed by atoms with E-state index in [4.69, 9.17) is 0 Å². The fourth-order valence-electron chi connectivity index (χ4n) is 2.24. The monoisotopic (exact) mass is 327 g/mol. The maximum Gasteiger partial charge on any atom is 0.237 e. The van der Waals surface area contributed by atoms with Crippen LogP contribution in [0.15, 0.2) is 24.3 Å². The second-order valence-corrected chi connectivity index (χ2v) is 5.38. The average Bonchev–Trinajstić information content (AvgIpc) is 2.68. The summed E-state index contributed by atoms with van der Waals surface area (Å²) in [7, 11) is 0. The highest BCUT2D eigenvalue weighted by Gasteiger charge is 2.38. The topological polar surface area (TPSA) is 37.4 Å². The van der Waals surface area contributed by atoms with Crippen LogP contribution in [0.4, 0.5) is 4.39 Å². The number of carbonyl (C=O) groups excluding carboxylic acids is 2. The van der Waals surface area contributed by atoms with Gasteiger partial charge in [0.1, 0.15) is 5.82 Å². The lowest BCUT2D eigenvalue weighted by molar-refractivity contribution is -0.138. The molecule has 1 heterocycles. The van der Waals surface area contributed by atoms with Gasteiger partial charge in [-0.2, -0.15) is 0 Å². The van der Waals surface area contributed by atoms with Crippen LogP contribution in [0.3, 0.4) is 0 Å². The molecule has 1 aromatic rings. The second kappa shape index (κ2) is 6.28. The number of imide groups is 1. The summed E-state index contributed by atoms with van der Waals surface area (Å²) in [5.74, 6) is -1.08. The van der Waals surface area contributed by atoms with Gasteiger partial charge in [0.25, 0.3) is 0 Å². The summed E-state index contributed by atoms with van der Waals surface area (Å²) < 4.78 is 12.9. The molecule has 0 N–H and O–H groups in total. The highest BCUT2D eigenvalue weighted by molar-refractivity contribution is 9.09. The predicted molar refractivity (Wildman–Crippen MR) is 73.5 cm³/mol. The molecular formula is C14H15BrFNO2. The number of halogens is 2. The third-order valence-corrected chi connectivity index (χ3v) is 3.84. The molecule has 1 aliphatic heterocycles. The van der Waals surface area contributed by atoms with E-state index in [1.807, 2.05) is 0 Å². The van der Waals surface area contributed by atoms with E-state index >= 15 is 0 Å². The highest BCUT2D eigenvalue weighted by atomic mass is 79.9. The minimum absolute atomic E-state index is 0.131. The van der Waals surface area contributed by atoms with Crippen LogP contribution in [0.1, 0.15) is 30.7 Å². The van der Waals surface area contributed by atoms with E-state index in [9.17, 15) is 14.0 Å². The zero-order valence-electron chi connectivity index (χ0n) is 10.4. The van der Waals surface area contributed by atoms with Crippen LogP contribution < -0.4 is 0 Å². The van der Waals surface area contributed by atoms with Gasteiger partial charge in [0, 0.05) is 18.3 Å². The molecule has 1 saturated heterocycles. The van der Waals surface area contributed by atoms with Gasteiger partial charge in [-0.15, -0.1) is 0 Å². The quantitative estimate of drug-likeness (QED) is 0.473. The van der Waals surface area contributed by atoms with Crippen molar-refractivity contribution < 1.29 is 14.0 Å². The molecule has 102 valence electrons. The third-order valence-electron chi connectivity index (χ3n) is 3.28. The average molecular weight is 328 g/mol. The van der Waals surface area contributed by atoms with Gasteiger partial charge in [-0.25, -0.2) is 4.39 Å². The Kier molecular flexibility index (Phi) is 4.69. The van der Waals surface area contributed by atoms with Crippen LogP contribution in [0.5, 0.6) is 0 Å². The van der Waals surface area contributed by atoms with Crippen molar-refractivity contribution in [1.29, 1.82) is 0 Å². The Balaban J connectivity index is 2.07. The third kappa shape index (κ3) is 3.21. The molecule has 0 bridgehead atoms. The van der Waals surface area contributed by atoms with Crippen LogP contribution in [-0.4, -0.2) is 28.6 Å². The number of hydrogen-bond acceptors (Lipinski definition) is 2. The summed E-state index contributed by atoms with van der Waals surface area (Å²) >= 11 is 3.32. The van der Waals surface area contributed by atoms with Crippen LogP contribution in [0, 0.1) is 5.82 Å². The second-order valence-electron chi connectivity index (χ2n) is 4.59. The Labute approximate surface area is 119 Å². The smallest absolute Gasteiger partial charge is 0.237 e. The molecule has 1 fully saturated rings. The first-order valence-electron chi connectivity index (χ1n) is 6.29. The van der Waals surface area contributed by atoms with Gasteiger partial charge in [-0.3, -0.25) is 14.5 Å². The highest BCUT2D eigenvalue weighted by Crippen LogP contribution is 2.29. The fraction of sp³-hybridized carbons (Fsp3) is 0.429. The lowest BCUT2D eigenvalue weighted by Crippen LogP contribution is -2.31. The first-order chi connectivity index (χ1) is 9.13. The lowest BCUT2D eigenvalue weighted by Gasteiger charge is -2.14. The molecule has 0 spiro atoms. The summed E-state index contributed by atoms with van der Waals surface area (Å²) in [5.41, 5.74) is 0.711. The van der Waals surface area contributed by atoms with Crippen LogP contribution >= 0.6 is 15.9 Å². The molecule has 1 aliphatic rings. The van der Waals surface area contributed by atoms with Gasteiger partial charge in [0.15, 0.2) is 0 Å². The van der Waals surface area contributed by atoms with E-state index in [-0.39, 0.29) is 24.1 Å². The SMILES string of the molecule is O=C1CC(c2ccc(F)cc2)C(=O)N1CCCCBr. The van der Waals surface area contributed by atoms with Crippen molar-refractivity contribution in [1.82, 2.24) is 4.90 Å². The van der Waals surface area contributed by atoms with Crippen molar-refractivity contribution in [2.75, 3.05) is 11.9 Å². The lowest BCUT2D eigenvalue weighted by atomic mass is 9.98. The van der Waals surface area contributed by atoms with Crippen molar-refractivity contribution in [3.05, 3.63) is 35.6 Å². The van der Waals surface area contributed by atoms with Gasteiger partial charge in [-0.1, -0.05) is 28.1 Å². The van der Waals surface area contributed by atoms with E-state index in [1.165, 1.54) is 17.0 Å². The Hall–Kier alpha value is -1.23. The zero-order chi connectivity index (χ0) is 13.8. The molecule has 1 unspecified atom stereocenters. The Morgan fingerprint density at radius 3 is 2.53 bits per heavy atom. The van der Waals surface area contributed by atoms with E-state index in [1.54, 1.807) is 12.1 Å². The number of rotatable bonds is 5. The molecule has 2 rings (SSSR count). The maximum absolute atomic E-state index is 12.9. The fourth-order valence-corrected chi connectivity index (χ4v) is 2.63. The van der Waals surface area contributed by atoms with Gasteiger partial charge in [-0.05, 0) is 30.5 Å². The number of unbranched alkanes of at least 4 members (excludes halogenated alkanes) is 1. The molecule has 1 atom stereocenters. The van der Waals surface area contributed by atoms with Crippen LogP contribution in [0.2, 0.25) is 0 Å². The van der Waals surface area contributed by atoms with E-state index in [0.717, 1.165) is 18.2 Å². The number of hydrogen-bond donors (Lipinski definition) is 0. The minimum Gasteiger partial charge on any atom is -0.282 e. The summed E-state index contributed by atoms with van der Waals surface area (Å²) in [4.78, 5) is 25.4. The molecule has 19 heavy (non-hydrogen) atoms. The van der Waals surface area contributed by atoms with Gasteiger partial charge in [0.2, 0.25) is 11.8 Å². The Morgan fingerprint density at radius 2 is 1.89 bits per heavy atom. The first kappa shape index (κ1) is 14.2. The largest absolute Gasteiger partial charge is 0.282 e. The first-order valence-corrected chi connectivity index (χ1v) is 7.41. The maximum atomic E-state index is 12.9. The summed E-state index contributed by atoms with van der Waals surface area (Å²) in [6.07, 6.45) is 1.93. The molecular weight excluding hydrogens is 313 g/mol. The summed E-state index contributed by atoms with van der Waals surface area (Å²) in [6.45, 7) is 0.473. The number of alkyl halides is 1. The number of benzene rings is 1. The minimum atomic E-state index is -0.447. The molecule has 1 aromatic carbocycles. The molecule has 0 aliphatic carbocycles. The van der Waals surface area contributed by atoms with Crippen LogP contribution in [-0.2, 0) is 9.59 Å².